The molecule has 0 bridgehead atoms. The summed E-state index contributed by atoms with van der Waals surface area (Å²) in [5.41, 5.74) is 2.80. The van der Waals surface area contributed by atoms with Crippen LogP contribution in [0.2, 0.25) is 0 Å². The van der Waals surface area contributed by atoms with Gasteiger partial charge in [-0.15, -0.1) is 0 Å². The van der Waals surface area contributed by atoms with Gasteiger partial charge >= 0.3 is 0 Å². The van der Waals surface area contributed by atoms with Gasteiger partial charge in [0, 0.05) is 30.8 Å². The minimum atomic E-state index is -0.0129. The maximum atomic E-state index is 4.88. The lowest BCUT2D eigenvalue weighted by atomic mass is 9.66. The number of aryl methyl sites for hydroxylation is 1. The highest BCUT2D eigenvalue weighted by atomic mass is 15.0. The third kappa shape index (κ3) is 7.58. The Kier molecular flexibility index (Phi) is 10.9. The second kappa shape index (κ2) is 14.1. The number of unbranched alkanes of at least 4 members (excludes halogenated alkanes) is 9. The van der Waals surface area contributed by atoms with E-state index >= 15 is 0 Å². The first-order valence-corrected chi connectivity index (χ1v) is 13.7. The van der Waals surface area contributed by atoms with Crippen molar-refractivity contribution in [1.82, 2.24) is 9.55 Å². The average Bonchev–Trinajstić information content (AvgIpc) is 3.29. The molecule has 2 atom stereocenters. The van der Waals surface area contributed by atoms with Gasteiger partial charge < -0.3 is 4.57 Å². The predicted molar refractivity (Wildman–Crippen MR) is 146 cm³/mol. The van der Waals surface area contributed by atoms with Crippen LogP contribution in [0.4, 0.5) is 0 Å². The molecular formula is C32H46N2. The van der Waals surface area contributed by atoms with E-state index in [1.807, 2.05) is 6.20 Å². The van der Waals surface area contributed by atoms with Crippen LogP contribution >= 0.6 is 0 Å². The van der Waals surface area contributed by atoms with Crippen molar-refractivity contribution in [2.75, 3.05) is 0 Å². The molecule has 0 amide bonds. The molecule has 0 aliphatic rings. The standard InChI is InChI=1S/C32H46N2/c1-4-5-6-7-8-9-10-11-12-19-24-30(31-33-25-26-34(31)3)32(2,29-22-17-14-18-23-29)27-28-20-15-13-16-21-28/h13-18,20-23,25-26,30H,4-12,19,24,27H2,1-3H3. The summed E-state index contributed by atoms with van der Waals surface area (Å²) in [6.07, 6.45) is 20.0. The molecule has 3 rings (SSSR count). The van der Waals surface area contributed by atoms with Crippen molar-refractivity contribution >= 4 is 0 Å². The van der Waals surface area contributed by atoms with Gasteiger partial charge in [-0.25, -0.2) is 4.98 Å². The van der Waals surface area contributed by atoms with Crippen LogP contribution in [0.15, 0.2) is 73.1 Å². The number of aromatic nitrogens is 2. The number of benzene rings is 2. The van der Waals surface area contributed by atoms with Gasteiger partial charge in [-0.2, -0.15) is 0 Å². The van der Waals surface area contributed by atoms with E-state index in [9.17, 15) is 0 Å². The van der Waals surface area contributed by atoms with E-state index in [0.29, 0.717) is 5.92 Å². The summed E-state index contributed by atoms with van der Waals surface area (Å²) in [7, 11) is 2.15. The first-order chi connectivity index (χ1) is 16.6. The fraction of sp³-hybridized carbons (Fsp3) is 0.531. The van der Waals surface area contributed by atoms with Crippen molar-refractivity contribution in [3.63, 3.8) is 0 Å². The summed E-state index contributed by atoms with van der Waals surface area (Å²) in [6, 6.07) is 22.1. The molecule has 3 aromatic rings. The minimum Gasteiger partial charge on any atom is -0.338 e. The molecule has 2 nitrogen and oxygen atoms in total. The molecule has 0 saturated heterocycles. The molecule has 1 heterocycles. The molecule has 0 N–H and O–H groups in total. The van der Waals surface area contributed by atoms with Crippen molar-refractivity contribution in [2.24, 2.45) is 7.05 Å². The number of rotatable bonds is 16. The van der Waals surface area contributed by atoms with Gasteiger partial charge in [0.2, 0.25) is 0 Å². The van der Waals surface area contributed by atoms with E-state index < -0.39 is 0 Å². The van der Waals surface area contributed by atoms with Gasteiger partial charge in [0.25, 0.3) is 0 Å². The highest BCUT2D eigenvalue weighted by Crippen LogP contribution is 2.44. The van der Waals surface area contributed by atoms with Crippen LogP contribution in [-0.4, -0.2) is 9.55 Å². The quantitative estimate of drug-likeness (QED) is 0.196. The Labute approximate surface area is 208 Å². The summed E-state index contributed by atoms with van der Waals surface area (Å²) < 4.78 is 2.24. The fourth-order valence-electron chi connectivity index (χ4n) is 5.55. The third-order valence-corrected chi connectivity index (χ3v) is 7.63. The zero-order valence-electron chi connectivity index (χ0n) is 21.9. The molecule has 34 heavy (non-hydrogen) atoms. The minimum absolute atomic E-state index is 0.0129. The van der Waals surface area contributed by atoms with Gasteiger partial charge in [-0.1, -0.05) is 139 Å². The zero-order valence-corrected chi connectivity index (χ0v) is 21.9. The monoisotopic (exact) mass is 458 g/mol. The van der Waals surface area contributed by atoms with E-state index in [0.717, 1.165) is 6.42 Å². The Bertz CT molecular complexity index is 914. The lowest BCUT2D eigenvalue weighted by Gasteiger charge is -2.39. The summed E-state index contributed by atoms with van der Waals surface area (Å²) in [5.74, 6) is 1.60. The van der Waals surface area contributed by atoms with E-state index in [-0.39, 0.29) is 5.41 Å². The van der Waals surface area contributed by atoms with Crippen LogP contribution in [-0.2, 0) is 18.9 Å². The Morgan fingerprint density at radius 2 is 1.32 bits per heavy atom. The Hall–Kier alpha value is -2.35. The molecule has 2 aromatic carbocycles. The van der Waals surface area contributed by atoms with Gasteiger partial charge in [0.15, 0.2) is 0 Å². The van der Waals surface area contributed by atoms with E-state index in [2.05, 4.69) is 92.3 Å². The van der Waals surface area contributed by atoms with Gasteiger partial charge in [-0.05, 0) is 24.0 Å². The number of imidazole rings is 1. The Morgan fingerprint density at radius 1 is 0.765 bits per heavy atom. The molecular weight excluding hydrogens is 412 g/mol. The number of nitrogens with zero attached hydrogens (tertiary/aromatic N) is 2. The Balaban J connectivity index is 1.69. The maximum absolute atomic E-state index is 4.88. The normalized spacial score (nSPS) is 14.1. The molecule has 2 heteroatoms. The molecule has 0 spiro atoms. The molecule has 0 aliphatic carbocycles. The number of hydrogen-bond donors (Lipinski definition) is 0. The SMILES string of the molecule is CCCCCCCCCCCCC(c1nccn1C)C(C)(Cc1ccccc1)c1ccccc1. The van der Waals surface area contributed by atoms with Crippen LogP contribution in [0, 0.1) is 0 Å². The van der Waals surface area contributed by atoms with Crippen LogP contribution < -0.4 is 0 Å². The summed E-state index contributed by atoms with van der Waals surface area (Å²) in [6.45, 7) is 4.76. The molecule has 2 unspecified atom stereocenters. The lowest BCUT2D eigenvalue weighted by Crippen LogP contribution is -2.34. The second-order valence-electron chi connectivity index (χ2n) is 10.4. The summed E-state index contributed by atoms with van der Waals surface area (Å²) in [4.78, 5) is 4.88. The zero-order chi connectivity index (χ0) is 24.1. The largest absolute Gasteiger partial charge is 0.338 e. The molecule has 0 aliphatic heterocycles. The van der Waals surface area contributed by atoms with E-state index in [1.165, 1.54) is 87.6 Å². The van der Waals surface area contributed by atoms with Crippen molar-refractivity contribution in [1.29, 1.82) is 0 Å². The fourth-order valence-corrected chi connectivity index (χ4v) is 5.55. The first kappa shape index (κ1) is 26.3. The first-order valence-electron chi connectivity index (χ1n) is 13.7. The van der Waals surface area contributed by atoms with E-state index in [4.69, 9.17) is 4.98 Å². The summed E-state index contributed by atoms with van der Waals surface area (Å²) in [5, 5.41) is 0. The molecule has 0 radical (unpaired) electrons. The molecule has 1 aromatic heterocycles. The highest BCUT2D eigenvalue weighted by molar-refractivity contribution is 5.33. The van der Waals surface area contributed by atoms with Crippen molar-refractivity contribution in [2.45, 2.75) is 102 Å². The van der Waals surface area contributed by atoms with Crippen molar-refractivity contribution < 1.29 is 0 Å². The molecule has 184 valence electrons. The molecule has 0 fully saturated rings. The second-order valence-corrected chi connectivity index (χ2v) is 10.4. The van der Waals surface area contributed by atoms with Crippen molar-refractivity contribution in [3.05, 3.63) is 90.0 Å². The summed E-state index contributed by atoms with van der Waals surface area (Å²) >= 11 is 0. The van der Waals surface area contributed by atoms with Crippen LogP contribution in [0.25, 0.3) is 0 Å². The van der Waals surface area contributed by atoms with Crippen LogP contribution in [0.1, 0.15) is 107 Å². The van der Waals surface area contributed by atoms with Crippen LogP contribution in [0.5, 0.6) is 0 Å². The maximum Gasteiger partial charge on any atom is 0.112 e. The van der Waals surface area contributed by atoms with Crippen LogP contribution in [0.3, 0.4) is 0 Å². The highest BCUT2D eigenvalue weighted by Gasteiger charge is 2.38. The average molecular weight is 459 g/mol. The Morgan fingerprint density at radius 3 is 1.88 bits per heavy atom. The lowest BCUT2D eigenvalue weighted by molar-refractivity contribution is 0.326. The van der Waals surface area contributed by atoms with Crippen molar-refractivity contribution in [3.8, 4) is 0 Å². The molecule has 0 saturated carbocycles. The smallest absolute Gasteiger partial charge is 0.112 e. The topological polar surface area (TPSA) is 17.8 Å². The van der Waals surface area contributed by atoms with Gasteiger partial charge in [-0.3, -0.25) is 0 Å². The van der Waals surface area contributed by atoms with E-state index in [1.54, 1.807) is 0 Å². The predicted octanol–water partition coefficient (Wildman–Crippen LogP) is 9.02. The van der Waals surface area contributed by atoms with Gasteiger partial charge in [0.05, 0.1) is 0 Å². The third-order valence-electron chi connectivity index (χ3n) is 7.63. The van der Waals surface area contributed by atoms with Gasteiger partial charge in [0.1, 0.15) is 5.82 Å². The number of hydrogen-bond acceptors (Lipinski definition) is 1.